The standard InChI is InChI=1S/C12H11FN2S/c13-9-3-1-8(2-4-9)11-12-10(5-6-14-11)16-7-15-12/h1-4,7,11,14H,5-6H2. The molecule has 0 saturated heterocycles. The van der Waals surface area contributed by atoms with Gasteiger partial charge in [0.05, 0.1) is 17.2 Å². The Labute approximate surface area is 97.2 Å². The van der Waals surface area contributed by atoms with Crippen LogP contribution in [0, 0.1) is 5.82 Å². The van der Waals surface area contributed by atoms with Crippen LogP contribution in [0.5, 0.6) is 0 Å². The number of thiazole rings is 1. The van der Waals surface area contributed by atoms with Crippen LogP contribution in [0.4, 0.5) is 4.39 Å². The molecule has 1 unspecified atom stereocenters. The van der Waals surface area contributed by atoms with Crippen LogP contribution >= 0.6 is 11.3 Å². The van der Waals surface area contributed by atoms with E-state index < -0.39 is 0 Å². The zero-order valence-electron chi connectivity index (χ0n) is 8.61. The Morgan fingerprint density at radius 3 is 2.94 bits per heavy atom. The van der Waals surface area contributed by atoms with Gasteiger partial charge in [0.2, 0.25) is 0 Å². The minimum Gasteiger partial charge on any atom is -0.305 e. The molecule has 1 atom stereocenters. The van der Waals surface area contributed by atoms with Crippen molar-refractivity contribution in [2.75, 3.05) is 6.54 Å². The van der Waals surface area contributed by atoms with E-state index in [0.29, 0.717) is 0 Å². The number of nitrogens with zero attached hydrogens (tertiary/aromatic N) is 1. The lowest BCUT2D eigenvalue weighted by molar-refractivity contribution is 0.559. The summed E-state index contributed by atoms with van der Waals surface area (Å²) in [7, 11) is 0. The average Bonchev–Trinajstić information content (AvgIpc) is 2.78. The number of fused-ring (bicyclic) bond motifs is 1. The molecule has 16 heavy (non-hydrogen) atoms. The zero-order valence-corrected chi connectivity index (χ0v) is 9.43. The molecule has 0 aliphatic carbocycles. The molecule has 1 aliphatic rings. The summed E-state index contributed by atoms with van der Waals surface area (Å²) in [6.45, 7) is 0.956. The smallest absolute Gasteiger partial charge is 0.123 e. The summed E-state index contributed by atoms with van der Waals surface area (Å²) in [5.41, 5.74) is 4.06. The SMILES string of the molecule is Fc1ccc(C2NCCc3scnc32)cc1. The monoisotopic (exact) mass is 234 g/mol. The minimum atomic E-state index is -0.196. The molecule has 1 aromatic carbocycles. The van der Waals surface area contributed by atoms with Crippen molar-refractivity contribution >= 4 is 11.3 Å². The van der Waals surface area contributed by atoms with Gasteiger partial charge < -0.3 is 5.32 Å². The average molecular weight is 234 g/mol. The maximum Gasteiger partial charge on any atom is 0.123 e. The molecule has 1 aliphatic heterocycles. The van der Waals surface area contributed by atoms with Gasteiger partial charge in [-0.3, -0.25) is 0 Å². The normalized spacial score (nSPS) is 19.4. The molecule has 0 spiro atoms. The molecule has 2 heterocycles. The molecule has 0 amide bonds. The highest BCUT2D eigenvalue weighted by Crippen LogP contribution is 2.29. The van der Waals surface area contributed by atoms with Crippen molar-refractivity contribution < 1.29 is 4.39 Å². The summed E-state index contributed by atoms with van der Waals surface area (Å²) < 4.78 is 12.9. The van der Waals surface area contributed by atoms with Gasteiger partial charge in [-0.1, -0.05) is 12.1 Å². The number of rotatable bonds is 1. The fourth-order valence-corrected chi connectivity index (χ4v) is 2.86. The van der Waals surface area contributed by atoms with E-state index in [1.807, 2.05) is 17.6 Å². The summed E-state index contributed by atoms with van der Waals surface area (Å²) in [6.07, 6.45) is 1.04. The van der Waals surface area contributed by atoms with Gasteiger partial charge in [-0.2, -0.15) is 0 Å². The highest BCUT2D eigenvalue weighted by molar-refractivity contribution is 7.09. The lowest BCUT2D eigenvalue weighted by Gasteiger charge is -2.23. The number of aromatic nitrogens is 1. The summed E-state index contributed by atoms with van der Waals surface area (Å²) in [4.78, 5) is 5.74. The zero-order chi connectivity index (χ0) is 11.0. The first-order chi connectivity index (χ1) is 7.84. The van der Waals surface area contributed by atoms with Crippen LogP contribution in [0.25, 0.3) is 0 Å². The number of benzene rings is 1. The first kappa shape index (κ1) is 9.93. The highest BCUT2D eigenvalue weighted by atomic mass is 32.1. The Morgan fingerprint density at radius 2 is 2.12 bits per heavy atom. The van der Waals surface area contributed by atoms with E-state index in [-0.39, 0.29) is 11.9 Å². The summed E-state index contributed by atoms with van der Waals surface area (Å²) in [5, 5.41) is 3.42. The quantitative estimate of drug-likeness (QED) is 0.820. The third-order valence-electron chi connectivity index (χ3n) is 2.85. The summed E-state index contributed by atoms with van der Waals surface area (Å²) in [6, 6.07) is 6.76. The number of hydrogen-bond acceptors (Lipinski definition) is 3. The third-order valence-corrected chi connectivity index (χ3v) is 3.76. The van der Waals surface area contributed by atoms with Crippen LogP contribution < -0.4 is 5.32 Å². The topological polar surface area (TPSA) is 24.9 Å². The van der Waals surface area contributed by atoms with Crippen molar-refractivity contribution in [3.63, 3.8) is 0 Å². The Balaban J connectivity index is 2.00. The van der Waals surface area contributed by atoms with Gasteiger partial charge in [-0.05, 0) is 24.1 Å². The fraction of sp³-hybridized carbons (Fsp3) is 0.250. The van der Waals surface area contributed by atoms with Gasteiger partial charge in [-0.25, -0.2) is 9.37 Å². The first-order valence-corrected chi connectivity index (χ1v) is 6.13. The molecule has 3 rings (SSSR count). The summed E-state index contributed by atoms with van der Waals surface area (Å²) in [5.74, 6) is -0.196. The van der Waals surface area contributed by atoms with Crippen molar-refractivity contribution in [3.8, 4) is 0 Å². The Hall–Kier alpha value is -1.26. The largest absolute Gasteiger partial charge is 0.305 e. The van der Waals surface area contributed by atoms with Crippen LogP contribution in [-0.4, -0.2) is 11.5 Å². The molecule has 82 valence electrons. The van der Waals surface area contributed by atoms with Gasteiger partial charge in [0, 0.05) is 11.4 Å². The molecule has 4 heteroatoms. The molecular weight excluding hydrogens is 223 g/mol. The second-order valence-corrected chi connectivity index (χ2v) is 4.79. The van der Waals surface area contributed by atoms with Crippen molar-refractivity contribution in [1.82, 2.24) is 10.3 Å². The maximum atomic E-state index is 12.9. The lowest BCUT2D eigenvalue weighted by atomic mass is 9.99. The molecule has 0 radical (unpaired) electrons. The highest BCUT2D eigenvalue weighted by Gasteiger charge is 2.23. The Bertz CT molecular complexity index is 492. The molecule has 0 saturated carbocycles. The van der Waals surface area contributed by atoms with E-state index in [2.05, 4.69) is 10.3 Å². The second kappa shape index (κ2) is 3.96. The molecule has 0 bridgehead atoms. The van der Waals surface area contributed by atoms with Crippen molar-refractivity contribution in [2.24, 2.45) is 0 Å². The Morgan fingerprint density at radius 1 is 1.31 bits per heavy atom. The molecular formula is C12H11FN2S. The van der Waals surface area contributed by atoms with E-state index >= 15 is 0 Å². The van der Waals surface area contributed by atoms with Crippen molar-refractivity contribution in [3.05, 3.63) is 51.7 Å². The molecule has 1 N–H and O–H groups in total. The van der Waals surface area contributed by atoms with E-state index in [0.717, 1.165) is 24.2 Å². The molecule has 0 fully saturated rings. The van der Waals surface area contributed by atoms with Gasteiger partial charge in [-0.15, -0.1) is 11.3 Å². The second-order valence-electron chi connectivity index (χ2n) is 3.85. The van der Waals surface area contributed by atoms with Gasteiger partial charge in [0.25, 0.3) is 0 Å². The van der Waals surface area contributed by atoms with E-state index in [4.69, 9.17) is 0 Å². The van der Waals surface area contributed by atoms with Crippen LogP contribution in [0.1, 0.15) is 22.2 Å². The van der Waals surface area contributed by atoms with Gasteiger partial charge >= 0.3 is 0 Å². The molecule has 2 aromatic rings. The van der Waals surface area contributed by atoms with Crippen molar-refractivity contribution in [1.29, 1.82) is 0 Å². The van der Waals surface area contributed by atoms with Gasteiger partial charge in [0.15, 0.2) is 0 Å². The van der Waals surface area contributed by atoms with Crippen molar-refractivity contribution in [2.45, 2.75) is 12.5 Å². The van der Waals surface area contributed by atoms with E-state index in [9.17, 15) is 4.39 Å². The fourth-order valence-electron chi connectivity index (χ4n) is 2.06. The Kier molecular flexibility index (Phi) is 2.46. The first-order valence-electron chi connectivity index (χ1n) is 5.26. The van der Waals surface area contributed by atoms with E-state index in [1.165, 1.54) is 17.0 Å². The van der Waals surface area contributed by atoms with Crippen LogP contribution in [0.15, 0.2) is 29.8 Å². The predicted octanol–water partition coefficient (Wildman–Crippen LogP) is 2.52. The van der Waals surface area contributed by atoms with Gasteiger partial charge in [0.1, 0.15) is 5.82 Å². The van der Waals surface area contributed by atoms with Crippen LogP contribution in [0.3, 0.4) is 0 Å². The number of nitrogens with one attached hydrogen (secondary N) is 1. The summed E-state index contributed by atoms with van der Waals surface area (Å²) >= 11 is 1.70. The number of hydrogen-bond donors (Lipinski definition) is 1. The third kappa shape index (κ3) is 1.64. The molecule has 2 nitrogen and oxygen atoms in total. The molecule has 1 aromatic heterocycles. The van der Waals surface area contributed by atoms with Crippen LogP contribution in [0.2, 0.25) is 0 Å². The predicted molar refractivity (Wildman–Crippen MR) is 62.1 cm³/mol. The maximum absolute atomic E-state index is 12.9. The van der Waals surface area contributed by atoms with Crippen LogP contribution in [-0.2, 0) is 6.42 Å². The van der Waals surface area contributed by atoms with E-state index in [1.54, 1.807) is 11.3 Å². The lowest BCUT2D eigenvalue weighted by Crippen LogP contribution is -2.30. The minimum absolute atomic E-state index is 0.121. The number of halogens is 1.